The fraction of sp³-hybridized carbons (Fsp3) is 0.372. The van der Waals surface area contributed by atoms with Gasteiger partial charge in [-0.3, -0.25) is 9.78 Å². The summed E-state index contributed by atoms with van der Waals surface area (Å²) in [6.45, 7) is 16.5. The van der Waals surface area contributed by atoms with Crippen LogP contribution in [0.4, 0.5) is 0 Å². The molecule has 0 saturated carbocycles. The van der Waals surface area contributed by atoms with Crippen LogP contribution in [0.25, 0.3) is 54.7 Å². The van der Waals surface area contributed by atoms with E-state index in [1.165, 1.54) is 44.1 Å². The van der Waals surface area contributed by atoms with Gasteiger partial charge < -0.3 is 9.67 Å². The number of aliphatic hydroxyl groups excluding tert-OH is 1. The molecular formula is C43H50IrN3O2-. The molecule has 0 saturated heterocycles. The Morgan fingerprint density at radius 3 is 2.06 bits per heavy atom. The van der Waals surface area contributed by atoms with E-state index in [2.05, 4.69) is 98.3 Å². The predicted molar refractivity (Wildman–Crippen MR) is 202 cm³/mol. The minimum absolute atomic E-state index is 0. The van der Waals surface area contributed by atoms with Gasteiger partial charge in [-0.05, 0) is 42.5 Å². The molecule has 1 radical (unpaired) electrons. The van der Waals surface area contributed by atoms with E-state index in [-0.39, 0.29) is 42.5 Å². The molecule has 49 heavy (non-hydrogen) atoms. The van der Waals surface area contributed by atoms with Gasteiger partial charge in [-0.2, -0.15) is 0 Å². The van der Waals surface area contributed by atoms with Crippen molar-refractivity contribution in [1.82, 2.24) is 14.5 Å². The van der Waals surface area contributed by atoms with Crippen LogP contribution in [0.3, 0.4) is 0 Å². The fourth-order valence-corrected chi connectivity index (χ4v) is 6.59. The molecule has 259 valence electrons. The van der Waals surface area contributed by atoms with Crippen molar-refractivity contribution in [3.05, 3.63) is 96.5 Å². The molecule has 1 N–H and O–H groups in total. The number of hydrogen-bond donors (Lipinski definition) is 1. The van der Waals surface area contributed by atoms with E-state index in [1.807, 2.05) is 41.5 Å². The van der Waals surface area contributed by atoms with Crippen molar-refractivity contribution in [2.45, 2.75) is 87.0 Å². The summed E-state index contributed by atoms with van der Waals surface area (Å²) in [5.41, 5.74) is 5.87. The summed E-state index contributed by atoms with van der Waals surface area (Å²) in [5, 5.41) is 16.2. The van der Waals surface area contributed by atoms with E-state index in [0.29, 0.717) is 5.92 Å². The van der Waals surface area contributed by atoms with E-state index < -0.39 is 0 Å². The van der Waals surface area contributed by atoms with Gasteiger partial charge in [0.15, 0.2) is 5.78 Å². The third kappa shape index (κ3) is 6.96. The Kier molecular flexibility index (Phi) is 11.9. The molecule has 0 aliphatic heterocycles. The van der Waals surface area contributed by atoms with E-state index in [9.17, 15) is 9.90 Å². The van der Waals surface area contributed by atoms with Crippen LogP contribution < -0.4 is 0 Å². The molecule has 4 aromatic carbocycles. The minimum atomic E-state index is -0.337. The second-order valence-corrected chi connectivity index (χ2v) is 13.9. The summed E-state index contributed by atoms with van der Waals surface area (Å²) < 4.78 is 2.23. The number of aliphatic hydroxyl groups is 1. The minimum Gasteiger partial charge on any atom is -0.512 e. The summed E-state index contributed by atoms with van der Waals surface area (Å²) in [5.74, 6) is 0.721. The zero-order chi connectivity index (χ0) is 34.8. The van der Waals surface area contributed by atoms with Crippen molar-refractivity contribution in [1.29, 1.82) is 0 Å². The molecular weight excluding hydrogens is 783 g/mol. The van der Waals surface area contributed by atoms with Crippen LogP contribution in [0, 0.1) is 16.9 Å². The normalized spacial score (nSPS) is 12.4. The maximum absolute atomic E-state index is 12.2. The number of rotatable bonds is 9. The monoisotopic (exact) mass is 833 g/mol. The molecule has 6 aromatic rings. The fourth-order valence-electron chi connectivity index (χ4n) is 6.59. The number of carbonyl (C=O) groups excluding carboxylic acids is 1. The summed E-state index contributed by atoms with van der Waals surface area (Å²) >= 11 is 0. The molecule has 0 aliphatic rings. The first-order valence-electron chi connectivity index (χ1n) is 17.4. The summed E-state index contributed by atoms with van der Waals surface area (Å²) in [7, 11) is 2.11. The number of allylic oxidation sites excluding steroid dienone is 2. The van der Waals surface area contributed by atoms with Crippen LogP contribution >= 0.6 is 0 Å². The molecule has 0 aliphatic carbocycles. The molecule has 6 heteroatoms. The first kappa shape index (κ1) is 37.9. The number of fused-ring (bicyclic) bond motifs is 6. The van der Waals surface area contributed by atoms with Crippen molar-refractivity contribution in [2.75, 3.05) is 0 Å². The third-order valence-electron chi connectivity index (χ3n) is 11.0. The van der Waals surface area contributed by atoms with E-state index >= 15 is 0 Å². The topological polar surface area (TPSA) is 68.0 Å². The zero-order valence-corrected chi connectivity index (χ0v) is 32.8. The van der Waals surface area contributed by atoms with Crippen LogP contribution in [-0.2, 0) is 31.9 Å². The van der Waals surface area contributed by atoms with Crippen molar-refractivity contribution in [3.63, 3.8) is 0 Å². The molecule has 6 rings (SSSR count). The second kappa shape index (κ2) is 15.4. The Balaban J connectivity index is 0.000000260. The Labute approximate surface area is 305 Å². The number of aryl methyl sites for hydroxylation is 1. The smallest absolute Gasteiger partial charge is 0.164 e. The first-order valence-corrected chi connectivity index (χ1v) is 17.4. The van der Waals surface area contributed by atoms with Crippen molar-refractivity contribution in [2.24, 2.45) is 17.9 Å². The van der Waals surface area contributed by atoms with Gasteiger partial charge in [0.05, 0.1) is 16.6 Å². The second-order valence-electron chi connectivity index (χ2n) is 13.9. The molecule has 2 aromatic heterocycles. The first-order chi connectivity index (χ1) is 22.9. The van der Waals surface area contributed by atoms with Crippen molar-refractivity contribution in [3.8, 4) is 11.3 Å². The number of hydrogen-bond acceptors (Lipinski definition) is 4. The Bertz CT molecular complexity index is 2130. The maximum atomic E-state index is 12.2. The summed E-state index contributed by atoms with van der Waals surface area (Å²) in [6, 6.07) is 27.2. The number of nitrogens with zero attached hydrogens (tertiary/aromatic N) is 3. The van der Waals surface area contributed by atoms with Crippen molar-refractivity contribution >= 4 is 49.3 Å². The standard InChI is InChI=1S/C28H22N3.C15H28O2.Ir/c1-17(2)19-13-14-23(22-11-7-6-10-21(19)22)26-28-27(30-16-29-26)25-20-9-5-4-8-18(20)12-15-24(25)31(28)3;1-7-14(5,8-2)12(16)11-13(17)15(6,9-3)10-4;/h4-13,15-17H,1-3H3;11,16H,7-10H2,1-6H3;/q-1;;/b;12-11-;. The van der Waals surface area contributed by atoms with Crippen LogP contribution in [-0.4, -0.2) is 25.4 Å². The summed E-state index contributed by atoms with van der Waals surface area (Å²) in [4.78, 5) is 21.7. The molecule has 0 unspecified atom stereocenters. The maximum Gasteiger partial charge on any atom is 0.164 e. The van der Waals surface area contributed by atoms with Crippen LogP contribution in [0.1, 0.15) is 92.6 Å². The largest absolute Gasteiger partial charge is 0.512 e. The van der Waals surface area contributed by atoms with Crippen molar-refractivity contribution < 1.29 is 30.0 Å². The average molecular weight is 833 g/mol. The third-order valence-corrected chi connectivity index (χ3v) is 11.0. The number of aromatic nitrogens is 3. The quantitative estimate of drug-likeness (QED) is 0.0895. The number of benzene rings is 4. The number of ketones is 1. The van der Waals surface area contributed by atoms with Gasteiger partial charge in [-0.25, -0.2) is 4.98 Å². The van der Waals surface area contributed by atoms with E-state index in [0.717, 1.165) is 48.0 Å². The molecule has 0 amide bonds. The van der Waals surface area contributed by atoms with Gasteiger partial charge >= 0.3 is 0 Å². The van der Waals surface area contributed by atoms with Gasteiger partial charge in [-0.1, -0.05) is 127 Å². The molecule has 0 fully saturated rings. The van der Waals surface area contributed by atoms with Gasteiger partial charge in [0, 0.05) is 55.1 Å². The molecule has 0 bridgehead atoms. The van der Waals surface area contributed by atoms with Crippen LogP contribution in [0.5, 0.6) is 0 Å². The zero-order valence-electron chi connectivity index (χ0n) is 30.4. The van der Waals surface area contributed by atoms with Crippen LogP contribution in [0.15, 0.2) is 84.9 Å². The van der Waals surface area contributed by atoms with E-state index in [4.69, 9.17) is 9.97 Å². The molecule has 5 nitrogen and oxygen atoms in total. The molecule has 0 atom stereocenters. The molecule has 2 heterocycles. The van der Waals surface area contributed by atoms with Gasteiger partial charge in [0.2, 0.25) is 0 Å². The van der Waals surface area contributed by atoms with Crippen LogP contribution in [0.2, 0.25) is 0 Å². The summed E-state index contributed by atoms with van der Waals surface area (Å²) in [6.07, 6.45) is 6.45. The average Bonchev–Trinajstić information content (AvgIpc) is 3.42. The Morgan fingerprint density at radius 2 is 1.45 bits per heavy atom. The van der Waals surface area contributed by atoms with Gasteiger partial charge in [-0.15, -0.1) is 23.3 Å². The van der Waals surface area contributed by atoms with E-state index in [1.54, 1.807) is 6.33 Å². The molecule has 0 spiro atoms. The SMILES string of the molecule is CC(C)c1c[c-]c(-c2ncnc3c4c5ccccc5ccc4n(C)c23)c2ccccc12.CCC(C)(CC)C(=O)/C=C(\O)C(C)(CC)CC.[Ir]. The van der Waals surface area contributed by atoms with Gasteiger partial charge in [0.25, 0.3) is 0 Å². The Morgan fingerprint density at radius 1 is 0.857 bits per heavy atom. The van der Waals surface area contributed by atoms with Gasteiger partial charge in [0.1, 0.15) is 12.1 Å². The number of carbonyl (C=O) groups is 1. The predicted octanol–water partition coefficient (Wildman–Crippen LogP) is 11.7. The Hall–Kier alpha value is -3.86.